The fourth-order valence-corrected chi connectivity index (χ4v) is 4.31. The van der Waals surface area contributed by atoms with E-state index in [1.165, 1.54) is 11.6 Å². The van der Waals surface area contributed by atoms with Gasteiger partial charge in [0.25, 0.3) is 0 Å². The maximum Gasteiger partial charge on any atom is 0.227 e. The number of nitrogens with zero attached hydrogens (tertiary/aromatic N) is 1. The number of hydrogen-bond donors (Lipinski definition) is 1. The summed E-state index contributed by atoms with van der Waals surface area (Å²) in [6.07, 6.45) is 11.5. The first kappa shape index (κ1) is 21.9. The molecule has 2 aromatic rings. The fourth-order valence-electron chi connectivity index (χ4n) is 4.31. The topological polar surface area (TPSA) is 42.0 Å². The lowest BCUT2D eigenvalue weighted by Crippen LogP contribution is -2.33. The smallest absolute Gasteiger partial charge is 0.227 e. The van der Waals surface area contributed by atoms with Crippen molar-refractivity contribution >= 4 is 16.8 Å². The third kappa shape index (κ3) is 5.24. The molecule has 1 amide bonds. The van der Waals surface area contributed by atoms with Gasteiger partial charge in [-0.2, -0.15) is 0 Å². The van der Waals surface area contributed by atoms with Crippen molar-refractivity contribution in [2.24, 2.45) is 11.8 Å². The van der Waals surface area contributed by atoms with Gasteiger partial charge in [-0.1, -0.05) is 31.2 Å². The summed E-state index contributed by atoms with van der Waals surface area (Å²) in [5.41, 5.74) is 3.91. The van der Waals surface area contributed by atoms with Crippen molar-refractivity contribution < 1.29 is 9.18 Å². The SMILES string of the molecule is C=C/C(C)=C\C=C(/C)NC(=O)C(C)C1CCC(c2ccnc3ccc(F)cc23)CC1. The van der Waals surface area contributed by atoms with Gasteiger partial charge in [-0.25, -0.2) is 4.39 Å². The Bertz CT molecular complexity index is 984. The largest absolute Gasteiger partial charge is 0.330 e. The van der Waals surface area contributed by atoms with Gasteiger partial charge in [0.15, 0.2) is 0 Å². The number of carbonyl (C=O) groups excluding carboxylic acids is 1. The molecule has 4 heteroatoms. The Morgan fingerprint density at radius 1 is 1.20 bits per heavy atom. The van der Waals surface area contributed by atoms with Crippen LogP contribution in [0.15, 0.2) is 66.5 Å². The number of rotatable bonds is 6. The second-order valence-corrected chi connectivity index (χ2v) is 8.42. The Hall–Kier alpha value is -2.75. The maximum atomic E-state index is 13.8. The van der Waals surface area contributed by atoms with Gasteiger partial charge in [0.1, 0.15) is 5.82 Å². The van der Waals surface area contributed by atoms with Gasteiger partial charge in [-0.15, -0.1) is 0 Å². The molecule has 3 nitrogen and oxygen atoms in total. The van der Waals surface area contributed by atoms with Gasteiger partial charge >= 0.3 is 0 Å². The number of amides is 1. The summed E-state index contributed by atoms with van der Waals surface area (Å²) >= 11 is 0. The van der Waals surface area contributed by atoms with E-state index in [0.29, 0.717) is 11.8 Å². The van der Waals surface area contributed by atoms with Crippen LogP contribution in [-0.2, 0) is 4.79 Å². The lowest BCUT2D eigenvalue weighted by molar-refractivity contribution is -0.125. The highest BCUT2D eigenvalue weighted by atomic mass is 19.1. The molecule has 1 fully saturated rings. The maximum absolute atomic E-state index is 13.8. The van der Waals surface area contributed by atoms with Crippen molar-refractivity contribution in [2.45, 2.75) is 52.4 Å². The molecule has 0 spiro atoms. The van der Waals surface area contributed by atoms with Crippen LogP contribution in [0.3, 0.4) is 0 Å². The minimum absolute atomic E-state index is 0.0367. The summed E-state index contributed by atoms with van der Waals surface area (Å²) in [4.78, 5) is 17.1. The number of halogens is 1. The van der Waals surface area contributed by atoms with Gasteiger partial charge in [-0.05, 0) is 87.3 Å². The molecule has 1 aliphatic carbocycles. The highest BCUT2D eigenvalue weighted by molar-refractivity contribution is 5.82. The van der Waals surface area contributed by atoms with Gasteiger partial charge in [0.2, 0.25) is 5.91 Å². The molecule has 0 radical (unpaired) electrons. The lowest BCUT2D eigenvalue weighted by Gasteiger charge is -2.32. The van der Waals surface area contributed by atoms with Crippen LogP contribution in [0.25, 0.3) is 10.9 Å². The fraction of sp³-hybridized carbons (Fsp3) is 0.385. The molecule has 158 valence electrons. The quantitative estimate of drug-likeness (QED) is 0.561. The second-order valence-electron chi connectivity index (χ2n) is 8.42. The molecule has 30 heavy (non-hydrogen) atoms. The predicted octanol–water partition coefficient (Wildman–Crippen LogP) is 6.44. The van der Waals surface area contributed by atoms with Crippen LogP contribution in [0.4, 0.5) is 4.39 Å². The molecule has 1 unspecified atom stereocenters. The van der Waals surface area contributed by atoms with Crippen molar-refractivity contribution in [1.82, 2.24) is 10.3 Å². The van der Waals surface area contributed by atoms with Gasteiger partial charge in [-0.3, -0.25) is 9.78 Å². The number of allylic oxidation sites excluding steroid dienone is 5. The standard InChI is InChI=1S/C26H31FN2O/c1-5-17(2)6-7-18(3)29-26(30)19(4)20-8-10-21(11-9-20)23-14-15-28-25-13-12-22(27)16-24(23)25/h5-7,12-16,19-21H,1,8-11H2,2-4H3,(H,29,30)/b17-6-,18-7+. The summed E-state index contributed by atoms with van der Waals surface area (Å²) in [6, 6.07) is 6.82. The van der Waals surface area contributed by atoms with Gasteiger partial charge in [0, 0.05) is 23.2 Å². The number of aromatic nitrogens is 1. The number of nitrogens with one attached hydrogen (secondary N) is 1. The zero-order valence-corrected chi connectivity index (χ0v) is 18.1. The monoisotopic (exact) mass is 406 g/mol. The van der Waals surface area contributed by atoms with E-state index in [4.69, 9.17) is 0 Å². The molecule has 1 N–H and O–H groups in total. The number of hydrogen-bond acceptors (Lipinski definition) is 2. The van der Waals surface area contributed by atoms with E-state index in [-0.39, 0.29) is 17.6 Å². The van der Waals surface area contributed by atoms with Crippen LogP contribution < -0.4 is 5.32 Å². The van der Waals surface area contributed by atoms with Crippen LogP contribution in [0.2, 0.25) is 0 Å². The molecule has 0 aliphatic heterocycles. The molecule has 0 bridgehead atoms. The molecule has 1 saturated carbocycles. The summed E-state index contributed by atoms with van der Waals surface area (Å²) in [7, 11) is 0. The van der Waals surface area contributed by atoms with Gasteiger partial charge in [0.05, 0.1) is 5.52 Å². The van der Waals surface area contributed by atoms with Crippen LogP contribution in [0.1, 0.15) is 57.9 Å². The minimum atomic E-state index is -0.225. The third-order valence-corrected chi connectivity index (χ3v) is 6.31. The Morgan fingerprint density at radius 3 is 2.63 bits per heavy atom. The molecule has 0 saturated heterocycles. The van der Waals surface area contributed by atoms with Crippen molar-refractivity contribution in [3.05, 3.63) is 77.9 Å². The van der Waals surface area contributed by atoms with Gasteiger partial charge < -0.3 is 5.32 Å². The molecule has 1 aliphatic rings. The predicted molar refractivity (Wildman–Crippen MR) is 121 cm³/mol. The zero-order valence-electron chi connectivity index (χ0n) is 18.1. The number of benzene rings is 1. The average molecular weight is 407 g/mol. The van der Waals surface area contributed by atoms with Crippen molar-refractivity contribution in [2.75, 3.05) is 0 Å². The first-order valence-corrected chi connectivity index (χ1v) is 10.7. The Labute approximate surface area is 178 Å². The molecule has 1 atom stereocenters. The third-order valence-electron chi connectivity index (χ3n) is 6.31. The highest BCUT2D eigenvalue weighted by Gasteiger charge is 2.30. The van der Waals surface area contributed by atoms with E-state index < -0.39 is 0 Å². The van der Waals surface area contributed by atoms with E-state index in [1.807, 2.05) is 45.2 Å². The summed E-state index contributed by atoms with van der Waals surface area (Å²) in [5.74, 6) is 0.567. The van der Waals surface area contributed by atoms with E-state index in [1.54, 1.807) is 18.2 Å². The molecular weight excluding hydrogens is 375 g/mol. The Kier molecular flexibility index (Phi) is 7.20. The Morgan fingerprint density at radius 2 is 1.93 bits per heavy atom. The molecular formula is C26H31FN2O. The van der Waals surface area contributed by atoms with Crippen molar-refractivity contribution in [3.63, 3.8) is 0 Å². The molecule has 3 rings (SSSR count). The summed E-state index contributed by atoms with van der Waals surface area (Å²) in [5, 5.41) is 3.94. The van der Waals surface area contributed by atoms with E-state index in [0.717, 1.165) is 47.9 Å². The molecule has 1 heterocycles. The summed E-state index contributed by atoms with van der Waals surface area (Å²) in [6.45, 7) is 9.63. The van der Waals surface area contributed by atoms with Crippen LogP contribution in [-0.4, -0.2) is 10.9 Å². The zero-order chi connectivity index (χ0) is 21.7. The van der Waals surface area contributed by atoms with Crippen molar-refractivity contribution in [3.8, 4) is 0 Å². The van der Waals surface area contributed by atoms with Crippen molar-refractivity contribution in [1.29, 1.82) is 0 Å². The highest BCUT2D eigenvalue weighted by Crippen LogP contribution is 2.40. The van der Waals surface area contributed by atoms with Crippen LogP contribution >= 0.6 is 0 Å². The average Bonchev–Trinajstić information content (AvgIpc) is 2.76. The minimum Gasteiger partial charge on any atom is -0.330 e. The van der Waals surface area contributed by atoms with E-state index in [2.05, 4.69) is 16.9 Å². The van der Waals surface area contributed by atoms with Crippen LogP contribution in [0, 0.1) is 17.7 Å². The van der Waals surface area contributed by atoms with E-state index in [9.17, 15) is 9.18 Å². The Balaban J connectivity index is 1.62. The lowest BCUT2D eigenvalue weighted by atomic mass is 9.73. The normalized spacial score (nSPS) is 21.3. The van der Waals surface area contributed by atoms with Crippen LogP contribution in [0.5, 0.6) is 0 Å². The number of fused-ring (bicyclic) bond motifs is 1. The number of pyridine rings is 1. The summed E-state index contributed by atoms with van der Waals surface area (Å²) < 4.78 is 13.8. The van der Waals surface area contributed by atoms with E-state index >= 15 is 0 Å². The molecule has 1 aromatic carbocycles. The number of carbonyl (C=O) groups is 1. The molecule has 1 aromatic heterocycles. The first-order valence-electron chi connectivity index (χ1n) is 10.7. The first-order chi connectivity index (χ1) is 14.4. The second kappa shape index (κ2) is 9.84.